The number of thiophene rings is 1. The Morgan fingerprint density at radius 2 is 2.04 bits per heavy atom. The molecule has 3 rings (SSSR count). The Balaban J connectivity index is 1.57. The summed E-state index contributed by atoms with van der Waals surface area (Å²) >= 11 is 1.67. The van der Waals surface area contributed by atoms with Crippen molar-refractivity contribution >= 4 is 17.2 Å². The van der Waals surface area contributed by atoms with Crippen molar-refractivity contribution in [1.82, 2.24) is 10.3 Å². The van der Waals surface area contributed by atoms with Gasteiger partial charge in [0.1, 0.15) is 5.75 Å². The van der Waals surface area contributed by atoms with E-state index in [1.165, 1.54) is 0 Å². The number of nitrogens with zero attached hydrogens (tertiary/aromatic N) is 1. The summed E-state index contributed by atoms with van der Waals surface area (Å²) < 4.78 is 5.62. The molecule has 1 N–H and O–H groups in total. The average molecular weight is 338 g/mol. The summed E-state index contributed by atoms with van der Waals surface area (Å²) in [5, 5.41) is 4.93. The van der Waals surface area contributed by atoms with Crippen LogP contribution in [0.2, 0.25) is 0 Å². The van der Waals surface area contributed by atoms with Gasteiger partial charge < -0.3 is 10.1 Å². The molecule has 2 aromatic heterocycles. The number of hydrogen-bond acceptors (Lipinski definition) is 4. The van der Waals surface area contributed by atoms with Crippen LogP contribution in [-0.4, -0.2) is 17.0 Å². The summed E-state index contributed by atoms with van der Waals surface area (Å²) in [5.74, 6) is 0.530. The van der Waals surface area contributed by atoms with Gasteiger partial charge in [0.15, 0.2) is 6.10 Å². The molecule has 0 fully saturated rings. The fourth-order valence-electron chi connectivity index (χ4n) is 2.25. The molecule has 0 radical (unpaired) electrons. The molecule has 1 aromatic carbocycles. The minimum Gasteiger partial charge on any atom is -0.481 e. The van der Waals surface area contributed by atoms with Gasteiger partial charge in [-0.05, 0) is 42.1 Å². The minimum atomic E-state index is -0.555. The van der Waals surface area contributed by atoms with Crippen LogP contribution in [0, 0.1) is 0 Å². The molecular formula is C19H18N2O2S. The van der Waals surface area contributed by atoms with Crippen molar-refractivity contribution in [3.05, 3.63) is 71.9 Å². The third-order valence-electron chi connectivity index (χ3n) is 3.49. The summed E-state index contributed by atoms with van der Waals surface area (Å²) in [6.45, 7) is 2.16. The predicted molar refractivity (Wildman–Crippen MR) is 95.9 cm³/mol. The van der Waals surface area contributed by atoms with Gasteiger partial charge in [0, 0.05) is 29.4 Å². The first-order valence-electron chi connectivity index (χ1n) is 7.69. The van der Waals surface area contributed by atoms with Gasteiger partial charge in [-0.2, -0.15) is 0 Å². The third kappa shape index (κ3) is 4.20. The van der Waals surface area contributed by atoms with Crippen LogP contribution in [0.15, 0.2) is 66.3 Å². The Morgan fingerprint density at radius 1 is 1.21 bits per heavy atom. The molecule has 0 saturated carbocycles. The van der Waals surface area contributed by atoms with Gasteiger partial charge in [-0.15, -0.1) is 11.3 Å². The third-order valence-corrected chi connectivity index (χ3v) is 4.41. The van der Waals surface area contributed by atoms with Gasteiger partial charge in [0.25, 0.3) is 5.91 Å². The first-order chi connectivity index (χ1) is 11.7. The number of hydrogen-bond donors (Lipinski definition) is 1. The van der Waals surface area contributed by atoms with Crippen LogP contribution in [-0.2, 0) is 11.3 Å². The lowest BCUT2D eigenvalue weighted by atomic mass is 10.2. The summed E-state index contributed by atoms with van der Waals surface area (Å²) in [6.07, 6.45) is 3.04. The molecule has 3 aromatic rings. The van der Waals surface area contributed by atoms with E-state index in [0.29, 0.717) is 12.3 Å². The fourth-order valence-corrected chi connectivity index (χ4v) is 2.96. The lowest BCUT2D eigenvalue weighted by Gasteiger charge is -2.14. The lowest BCUT2D eigenvalue weighted by Crippen LogP contribution is -2.35. The molecule has 0 aliphatic heterocycles. The van der Waals surface area contributed by atoms with Gasteiger partial charge in [-0.3, -0.25) is 9.78 Å². The second-order valence-electron chi connectivity index (χ2n) is 5.35. The second kappa shape index (κ2) is 7.75. The van der Waals surface area contributed by atoms with Crippen LogP contribution < -0.4 is 10.1 Å². The van der Waals surface area contributed by atoms with Crippen molar-refractivity contribution in [2.24, 2.45) is 0 Å². The van der Waals surface area contributed by atoms with E-state index < -0.39 is 6.10 Å². The zero-order valence-corrected chi connectivity index (χ0v) is 14.1. The van der Waals surface area contributed by atoms with E-state index in [1.807, 2.05) is 54.0 Å². The second-order valence-corrected chi connectivity index (χ2v) is 6.30. The summed E-state index contributed by atoms with van der Waals surface area (Å²) in [5.41, 5.74) is 2.02. The van der Waals surface area contributed by atoms with E-state index in [0.717, 1.165) is 16.0 Å². The van der Waals surface area contributed by atoms with Crippen LogP contribution >= 0.6 is 11.3 Å². The topological polar surface area (TPSA) is 51.2 Å². The minimum absolute atomic E-state index is 0.152. The smallest absolute Gasteiger partial charge is 0.261 e. The van der Waals surface area contributed by atoms with E-state index in [4.69, 9.17) is 4.74 Å². The predicted octanol–water partition coefficient (Wildman–Crippen LogP) is 3.89. The van der Waals surface area contributed by atoms with E-state index >= 15 is 0 Å². The number of carbonyl (C=O) groups is 1. The number of amides is 1. The molecule has 0 saturated heterocycles. The van der Waals surface area contributed by atoms with Crippen molar-refractivity contribution in [3.8, 4) is 16.2 Å². The van der Waals surface area contributed by atoms with Crippen molar-refractivity contribution in [2.45, 2.75) is 19.6 Å². The molecule has 1 amide bonds. The quantitative estimate of drug-likeness (QED) is 0.742. The molecule has 122 valence electrons. The highest BCUT2D eigenvalue weighted by molar-refractivity contribution is 7.13. The monoisotopic (exact) mass is 338 g/mol. The highest BCUT2D eigenvalue weighted by Gasteiger charge is 2.14. The van der Waals surface area contributed by atoms with Crippen LogP contribution in [0.4, 0.5) is 0 Å². The maximum absolute atomic E-state index is 12.2. The van der Waals surface area contributed by atoms with Crippen molar-refractivity contribution in [3.63, 3.8) is 0 Å². The number of carbonyl (C=O) groups excluding carboxylic acids is 1. The number of ether oxygens (including phenoxy) is 1. The molecule has 5 heteroatoms. The Hall–Kier alpha value is -2.66. The van der Waals surface area contributed by atoms with Gasteiger partial charge in [0.05, 0.1) is 0 Å². The SMILES string of the molecule is C[C@H](Oc1ccccc1)C(=O)NCc1cncc(-c2cccs2)c1. The largest absolute Gasteiger partial charge is 0.481 e. The highest BCUT2D eigenvalue weighted by atomic mass is 32.1. The lowest BCUT2D eigenvalue weighted by molar-refractivity contribution is -0.127. The number of nitrogens with one attached hydrogen (secondary N) is 1. The van der Waals surface area contributed by atoms with Crippen LogP contribution in [0.3, 0.4) is 0 Å². The summed E-state index contributed by atoms with van der Waals surface area (Å²) in [7, 11) is 0. The maximum atomic E-state index is 12.2. The van der Waals surface area contributed by atoms with Gasteiger partial charge in [-0.1, -0.05) is 24.3 Å². The van der Waals surface area contributed by atoms with E-state index in [9.17, 15) is 4.79 Å². The van der Waals surface area contributed by atoms with Crippen LogP contribution in [0.1, 0.15) is 12.5 Å². The maximum Gasteiger partial charge on any atom is 0.261 e. The Bertz CT molecular complexity index is 788. The number of aromatic nitrogens is 1. The Morgan fingerprint density at radius 3 is 2.79 bits per heavy atom. The molecule has 0 aliphatic carbocycles. The van der Waals surface area contributed by atoms with Crippen LogP contribution in [0.5, 0.6) is 5.75 Å². The van der Waals surface area contributed by atoms with Crippen molar-refractivity contribution in [1.29, 1.82) is 0 Å². The zero-order valence-electron chi connectivity index (χ0n) is 13.3. The molecule has 24 heavy (non-hydrogen) atoms. The number of benzene rings is 1. The van der Waals surface area contributed by atoms with E-state index in [2.05, 4.69) is 16.4 Å². The average Bonchev–Trinajstić information content (AvgIpc) is 3.15. The van der Waals surface area contributed by atoms with Gasteiger partial charge >= 0.3 is 0 Å². The fraction of sp³-hybridized carbons (Fsp3) is 0.158. The van der Waals surface area contributed by atoms with Crippen molar-refractivity contribution < 1.29 is 9.53 Å². The van der Waals surface area contributed by atoms with E-state index in [-0.39, 0.29) is 5.91 Å². The van der Waals surface area contributed by atoms with E-state index in [1.54, 1.807) is 24.5 Å². The number of rotatable bonds is 6. The normalized spacial score (nSPS) is 11.7. The van der Waals surface area contributed by atoms with Crippen molar-refractivity contribution in [2.75, 3.05) is 0 Å². The molecule has 0 bridgehead atoms. The van der Waals surface area contributed by atoms with Gasteiger partial charge in [-0.25, -0.2) is 0 Å². The first-order valence-corrected chi connectivity index (χ1v) is 8.57. The zero-order chi connectivity index (χ0) is 16.8. The molecule has 2 heterocycles. The number of pyridine rings is 1. The van der Waals surface area contributed by atoms with Crippen LogP contribution in [0.25, 0.3) is 10.4 Å². The molecule has 4 nitrogen and oxygen atoms in total. The molecule has 0 unspecified atom stereocenters. The summed E-state index contributed by atoms with van der Waals surface area (Å²) in [6, 6.07) is 15.4. The highest BCUT2D eigenvalue weighted by Crippen LogP contribution is 2.24. The summed E-state index contributed by atoms with van der Waals surface area (Å²) in [4.78, 5) is 17.6. The molecule has 0 spiro atoms. The van der Waals surface area contributed by atoms with Gasteiger partial charge in [0.2, 0.25) is 0 Å². The molecular weight excluding hydrogens is 320 g/mol. The molecule has 0 aliphatic rings. The Labute approximate surface area is 145 Å². The Kier molecular flexibility index (Phi) is 5.23. The standard InChI is InChI=1S/C19H18N2O2S/c1-14(23-17-6-3-2-4-7-17)19(22)21-12-15-10-16(13-20-11-15)18-8-5-9-24-18/h2-11,13-14H,12H2,1H3,(H,21,22)/t14-/m0/s1. The molecule has 1 atom stereocenters. The first kappa shape index (κ1) is 16.2. The number of para-hydroxylation sites is 1.